The minimum Gasteiger partial charge on any atom is -0.493 e. The number of amides is 2. The minimum absolute atomic E-state index is 0.435. The quantitative estimate of drug-likeness (QED) is 0.756. The van der Waals surface area contributed by atoms with Crippen LogP contribution in [0.15, 0.2) is 24.5 Å². The highest BCUT2D eigenvalue weighted by atomic mass is 16.5. The van der Waals surface area contributed by atoms with E-state index in [1.807, 2.05) is 0 Å². The van der Waals surface area contributed by atoms with Gasteiger partial charge in [0.05, 0.1) is 45.1 Å². The zero-order valence-corrected chi connectivity index (χ0v) is 17.1. The molecule has 2 heterocycles. The Balaban J connectivity index is 1.63. The van der Waals surface area contributed by atoms with Crippen molar-refractivity contribution in [1.82, 2.24) is 14.9 Å². The Morgan fingerprint density at radius 1 is 0.897 bits per heavy atom. The summed E-state index contributed by atoms with van der Waals surface area (Å²) in [7, 11) is 6.64. The molecule has 156 valence electrons. The van der Waals surface area contributed by atoms with Crippen molar-refractivity contribution in [2.24, 2.45) is 0 Å². The lowest BCUT2D eigenvalue weighted by Gasteiger charge is -2.32. The number of carbonyl (C=O) groups is 1. The van der Waals surface area contributed by atoms with E-state index in [1.165, 1.54) is 21.3 Å². The highest BCUT2D eigenvalue weighted by Crippen LogP contribution is 2.39. The smallest absolute Gasteiger partial charge is 0.323 e. The van der Waals surface area contributed by atoms with Gasteiger partial charge in [-0.25, -0.2) is 14.8 Å². The average Bonchev–Trinajstić information content (AvgIpc) is 2.74. The number of ether oxygens (including phenoxy) is 3. The van der Waals surface area contributed by atoms with E-state index < -0.39 is 6.03 Å². The molecule has 1 aliphatic rings. The van der Waals surface area contributed by atoms with Gasteiger partial charge in [0.2, 0.25) is 11.7 Å². The van der Waals surface area contributed by atoms with Crippen LogP contribution in [0.2, 0.25) is 0 Å². The van der Waals surface area contributed by atoms with Crippen molar-refractivity contribution in [2.75, 3.05) is 70.1 Å². The first-order valence-electron chi connectivity index (χ1n) is 9.17. The lowest BCUT2D eigenvalue weighted by Crippen LogP contribution is -2.45. The van der Waals surface area contributed by atoms with E-state index >= 15 is 0 Å². The van der Waals surface area contributed by atoms with Gasteiger partial charge in [-0.1, -0.05) is 0 Å². The van der Waals surface area contributed by atoms with Crippen molar-refractivity contribution < 1.29 is 19.0 Å². The molecule has 0 aliphatic carbocycles. The summed E-state index contributed by atoms with van der Waals surface area (Å²) in [4.78, 5) is 25.5. The summed E-state index contributed by atoms with van der Waals surface area (Å²) in [5, 5.41) is 5.45. The maximum Gasteiger partial charge on any atom is 0.323 e. The van der Waals surface area contributed by atoms with E-state index in [-0.39, 0.29) is 0 Å². The molecule has 2 N–H and O–H groups in total. The number of anilines is 3. The molecule has 1 fully saturated rings. The minimum atomic E-state index is -0.435. The van der Waals surface area contributed by atoms with Gasteiger partial charge in [0.1, 0.15) is 0 Å². The molecule has 0 atom stereocenters. The fourth-order valence-electron chi connectivity index (χ4n) is 3.00. The molecule has 1 aromatic carbocycles. The first-order valence-corrected chi connectivity index (χ1v) is 9.17. The predicted octanol–water partition coefficient (Wildman–Crippen LogP) is 1.90. The molecule has 29 heavy (non-hydrogen) atoms. The lowest BCUT2D eigenvalue weighted by molar-refractivity contribution is 0.262. The highest BCUT2D eigenvalue weighted by Gasteiger charge is 2.17. The highest BCUT2D eigenvalue weighted by molar-refractivity contribution is 6.00. The van der Waals surface area contributed by atoms with Crippen LogP contribution < -0.4 is 29.7 Å². The molecule has 0 spiro atoms. The van der Waals surface area contributed by atoms with Gasteiger partial charge in [0, 0.05) is 38.3 Å². The Bertz CT molecular complexity index is 812. The van der Waals surface area contributed by atoms with Gasteiger partial charge in [0.25, 0.3) is 0 Å². The SMILES string of the molecule is COc1cc(NC(=O)Nc2cnc(N3CCN(C)CC3)nc2)cc(OC)c1OC. The molecule has 1 aromatic heterocycles. The van der Waals surface area contributed by atoms with E-state index in [9.17, 15) is 4.79 Å². The van der Waals surface area contributed by atoms with E-state index in [1.54, 1.807) is 24.5 Å². The Morgan fingerprint density at radius 3 is 1.97 bits per heavy atom. The molecular weight excluding hydrogens is 376 g/mol. The van der Waals surface area contributed by atoms with Gasteiger partial charge < -0.3 is 34.6 Å². The summed E-state index contributed by atoms with van der Waals surface area (Å²) in [6.07, 6.45) is 3.19. The second-order valence-corrected chi connectivity index (χ2v) is 6.56. The normalized spacial score (nSPS) is 14.3. The van der Waals surface area contributed by atoms with Crippen LogP contribution in [-0.2, 0) is 0 Å². The van der Waals surface area contributed by atoms with E-state index in [4.69, 9.17) is 14.2 Å². The van der Waals surface area contributed by atoms with Gasteiger partial charge in [-0.3, -0.25) is 0 Å². The molecule has 2 amide bonds. The van der Waals surface area contributed by atoms with Crippen LogP contribution in [-0.4, -0.2) is 75.5 Å². The van der Waals surface area contributed by atoms with Crippen LogP contribution in [0.25, 0.3) is 0 Å². The largest absolute Gasteiger partial charge is 0.493 e. The van der Waals surface area contributed by atoms with Gasteiger partial charge >= 0.3 is 6.03 Å². The molecule has 2 aromatic rings. The second-order valence-electron chi connectivity index (χ2n) is 6.56. The van der Waals surface area contributed by atoms with Crippen LogP contribution in [0.1, 0.15) is 0 Å². The number of aromatic nitrogens is 2. The first-order chi connectivity index (χ1) is 14.0. The van der Waals surface area contributed by atoms with Crippen molar-refractivity contribution in [3.63, 3.8) is 0 Å². The second kappa shape index (κ2) is 9.28. The number of likely N-dealkylation sites (N-methyl/N-ethyl adjacent to an activating group) is 1. The maximum absolute atomic E-state index is 12.4. The van der Waals surface area contributed by atoms with E-state index in [0.717, 1.165) is 26.2 Å². The number of benzene rings is 1. The van der Waals surface area contributed by atoms with Crippen molar-refractivity contribution >= 4 is 23.4 Å². The number of piperazine rings is 1. The van der Waals surface area contributed by atoms with Gasteiger partial charge in [0.15, 0.2) is 11.5 Å². The molecule has 1 saturated heterocycles. The van der Waals surface area contributed by atoms with Crippen LogP contribution in [0.3, 0.4) is 0 Å². The van der Waals surface area contributed by atoms with Crippen LogP contribution >= 0.6 is 0 Å². The summed E-state index contributed by atoms with van der Waals surface area (Å²) < 4.78 is 15.9. The molecule has 10 nitrogen and oxygen atoms in total. The number of nitrogens with one attached hydrogen (secondary N) is 2. The first kappa shape index (κ1) is 20.5. The molecule has 0 saturated carbocycles. The Labute approximate surface area is 169 Å². The number of hydrogen-bond donors (Lipinski definition) is 2. The monoisotopic (exact) mass is 402 g/mol. The Kier molecular flexibility index (Phi) is 6.55. The van der Waals surface area contributed by atoms with Crippen molar-refractivity contribution in [1.29, 1.82) is 0 Å². The Morgan fingerprint density at radius 2 is 1.45 bits per heavy atom. The van der Waals surface area contributed by atoms with Gasteiger partial charge in [-0.2, -0.15) is 0 Å². The molecule has 1 aliphatic heterocycles. The number of carbonyl (C=O) groups excluding carboxylic acids is 1. The number of nitrogens with zero attached hydrogens (tertiary/aromatic N) is 4. The summed E-state index contributed by atoms with van der Waals surface area (Å²) >= 11 is 0. The lowest BCUT2D eigenvalue weighted by atomic mass is 10.2. The molecular formula is C19H26N6O4. The van der Waals surface area contributed by atoms with Crippen LogP contribution in [0.4, 0.5) is 22.1 Å². The molecule has 10 heteroatoms. The average molecular weight is 402 g/mol. The maximum atomic E-state index is 12.4. The van der Waals surface area contributed by atoms with Crippen LogP contribution in [0.5, 0.6) is 17.2 Å². The summed E-state index contributed by atoms with van der Waals surface area (Å²) in [5.41, 5.74) is 0.986. The van der Waals surface area contributed by atoms with Crippen molar-refractivity contribution in [3.05, 3.63) is 24.5 Å². The summed E-state index contributed by atoms with van der Waals surface area (Å²) in [6, 6.07) is 2.86. The number of rotatable bonds is 6. The predicted molar refractivity (Wildman–Crippen MR) is 110 cm³/mol. The van der Waals surface area contributed by atoms with Gasteiger partial charge in [-0.05, 0) is 7.05 Å². The fourth-order valence-corrected chi connectivity index (χ4v) is 3.00. The van der Waals surface area contributed by atoms with Crippen LogP contribution in [0, 0.1) is 0 Å². The summed E-state index contributed by atoms with van der Waals surface area (Å²) in [5.74, 6) is 2.01. The zero-order chi connectivity index (χ0) is 20.8. The third-order valence-corrected chi connectivity index (χ3v) is 4.60. The summed E-state index contributed by atoms with van der Waals surface area (Å²) in [6.45, 7) is 3.71. The topological polar surface area (TPSA) is 101 Å². The third-order valence-electron chi connectivity index (χ3n) is 4.60. The molecule has 0 radical (unpaired) electrons. The van der Waals surface area contributed by atoms with E-state index in [2.05, 4.69) is 37.4 Å². The fraction of sp³-hybridized carbons (Fsp3) is 0.421. The third kappa shape index (κ3) is 4.96. The number of urea groups is 1. The zero-order valence-electron chi connectivity index (χ0n) is 17.1. The Hall–Kier alpha value is -3.27. The van der Waals surface area contributed by atoms with Crippen molar-refractivity contribution in [2.45, 2.75) is 0 Å². The van der Waals surface area contributed by atoms with E-state index in [0.29, 0.717) is 34.6 Å². The number of methoxy groups -OCH3 is 3. The number of hydrogen-bond acceptors (Lipinski definition) is 8. The van der Waals surface area contributed by atoms with Crippen molar-refractivity contribution in [3.8, 4) is 17.2 Å². The molecule has 3 rings (SSSR count). The molecule has 0 unspecified atom stereocenters. The molecule has 0 bridgehead atoms. The van der Waals surface area contributed by atoms with Gasteiger partial charge in [-0.15, -0.1) is 0 Å². The standard InChI is InChI=1S/C19H26N6O4/c1-24-5-7-25(8-6-24)18-20-11-14(12-21-18)23-19(26)22-13-9-15(27-2)17(29-4)16(10-13)28-3/h9-12H,5-8H2,1-4H3,(H2,22,23,26).